The highest BCUT2D eigenvalue weighted by molar-refractivity contribution is 5.97. The van der Waals surface area contributed by atoms with Gasteiger partial charge in [0.05, 0.1) is 5.56 Å². The Morgan fingerprint density at radius 3 is 2.24 bits per heavy atom. The second kappa shape index (κ2) is 10.7. The Kier molecular flexibility index (Phi) is 7.31. The Labute approximate surface area is 195 Å². The number of para-hydroxylation sites is 1. The molecule has 1 saturated heterocycles. The van der Waals surface area contributed by atoms with Crippen molar-refractivity contribution in [1.82, 2.24) is 14.8 Å². The minimum Gasteiger partial charge on any atom is -0.473 e. The van der Waals surface area contributed by atoms with E-state index in [0.717, 1.165) is 5.56 Å². The molecule has 0 N–H and O–H groups in total. The van der Waals surface area contributed by atoms with Gasteiger partial charge in [-0.1, -0.05) is 42.5 Å². The number of nitrogens with zero attached hydrogens (tertiary/aromatic N) is 3. The number of halogens is 2. The van der Waals surface area contributed by atoms with Gasteiger partial charge >= 0.3 is 6.61 Å². The zero-order chi connectivity index (χ0) is 23.9. The number of hydrogen-bond acceptors (Lipinski definition) is 5. The minimum atomic E-state index is -3.02. The lowest BCUT2D eigenvalue weighted by atomic mass is 10.1. The van der Waals surface area contributed by atoms with Crippen molar-refractivity contribution >= 4 is 11.8 Å². The molecule has 0 bridgehead atoms. The molecule has 0 aliphatic carbocycles. The predicted octanol–water partition coefficient (Wildman–Crippen LogP) is 3.86. The summed E-state index contributed by atoms with van der Waals surface area (Å²) in [7, 11) is 0. The second-order valence-corrected chi connectivity index (χ2v) is 7.62. The summed E-state index contributed by atoms with van der Waals surface area (Å²) in [5.74, 6) is -0.427. The fourth-order valence-corrected chi connectivity index (χ4v) is 3.66. The molecule has 1 aromatic heterocycles. The first kappa shape index (κ1) is 23.2. The van der Waals surface area contributed by atoms with Crippen LogP contribution in [0.5, 0.6) is 11.6 Å². The van der Waals surface area contributed by atoms with Crippen LogP contribution in [0.2, 0.25) is 0 Å². The van der Waals surface area contributed by atoms with Crippen LogP contribution in [0, 0.1) is 0 Å². The number of aromatic nitrogens is 1. The first-order chi connectivity index (χ1) is 16.5. The van der Waals surface area contributed by atoms with Crippen LogP contribution in [-0.4, -0.2) is 59.4 Å². The first-order valence-electron chi connectivity index (χ1n) is 10.8. The summed E-state index contributed by atoms with van der Waals surface area (Å²) >= 11 is 0. The van der Waals surface area contributed by atoms with Gasteiger partial charge in [-0.3, -0.25) is 9.59 Å². The van der Waals surface area contributed by atoms with E-state index in [1.807, 2.05) is 30.3 Å². The lowest BCUT2D eigenvalue weighted by Gasteiger charge is -2.35. The van der Waals surface area contributed by atoms with E-state index in [9.17, 15) is 18.4 Å². The van der Waals surface area contributed by atoms with E-state index in [-0.39, 0.29) is 30.3 Å². The van der Waals surface area contributed by atoms with Crippen LogP contribution in [0.1, 0.15) is 26.3 Å². The number of alkyl halides is 2. The van der Waals surface area contributed by atoms with Gasteiger partial charge in [0, 0.05) is 44.0 Å². The molecule has 0 radical (unpaired) electrons. The van der Waals surface area contributed by atoms with Gasteiger partial charge in [0.2, 0.25) is 5.88 Å². The Hall–Kier alpha value is -4.01. The average molecular weight is 467 g/mol. The molecule has 1 fully saturated rings. The number of ether oxygens (including phenoxy) is 2. The molecule has 1 aliphatic heterocycles. The lowest BCUT2D eigenvalue weighted by Crippen LogP contribution is -2.50. The van der Waals surface area contributed by atoms with Crippen LogP contribution in [0.3, 0.4) is 0 Å². The molecule has 0 unspecified atom stereocenters. The van der Waals surface area contributed by atoms with Crippen LogP contribution in [0.4, 0.5) is 8.78 Å². The Bertz CT molecular complexity index is 1140. The first-order valence-corrected chi connectivity index (χ1v) is 10.8. The summed E-state index contributed by atoms with van der Waals surface area (Å²) in [6.07, 6.45) is 1.52. The highest BCUT2D eigenvalue weighted by Gasteiger charge is 2.27. The molecule has 7 nitrogen and oxygen atoms in total. The van der Waals surface area contributed by atoms with Crippen molar-refractivity contribution in [3.63, 3.8) is 0 Å². The number of pyridine rings is 1. The lowest BCUT2D eigenvalue weighted by molar-refractivity contribution is -0.0503. The number of piperazine rings is 1. The molecule has 2 heterocycles. The number of hydrogen-bond donors (Lipinski definition) is 0. The molecule has 9 heteroatoms. The van der Waals surface area contributed by atoms with Crippen molar-refractivity contribution in [2.24, 2.45) is 0 Å². The third-order valence-corrected chi connectivity index (χ3v) is 5.40. The van der Waals surface area contributed by atoms with E-state index >= 15 is 0 Å². The van der Waals surface area contributed by atoms with Gasteiger partial charge < -0.3 is 19.3 Å². The molecule has 4 rings (SSSR count). The van der Waals surface area contributed by atoms with Gasteiger partial charge in [-0.05, 0) is 23.8 Å². The van der Waals surface area contributed by atoms with Crippen molar-refractivity contribution in [2.45, 2.75) is 13.2 Å². The van der Waals surface area contributed by atoms with E-state index in [0.29, 0.717) is 31.1 Å². The third-order valence-electron chi connectivity index (χ3n) is 5.40. The van der Waals surface area contributed by atoms with E-state index in [2.05, 4.69) is 9.72 Å². The standard InChI is InChI=1S/C25H23F2N3O4/c26-25(27)34-21-9-5-4-8-20(21)24(32)30-14-12-29(13-15-30)23(31)19-10-11-28-22(16-19)33-17-18-6-2-1-3-7-18/h1-11,16,25H,12-15,17H2. The Morgan fingerprint density at radius 2 is 1.53 bits per heavy atom. The van der Waals surface area contributed by atoms with Crippen LogP contribution in [0.25, 0.3) is 0 Å². The summed E-state index contributed by atoms with van der Waals surface area (Å²) in [5.41, 5.74) is 1.49. The minimum absolute atomic E-state index is 0.0666. The monoisotopic (exact) mass is 467 g/mol. The average Bonchev–Trinajstić information content (AvgIpc) is 2.87. The van der Waals surface area contributed by atoms with E-state index < -0.39 is 12.5 Å². The highest BCUT2D eigenvalue weighted by Crippen LogP contribution is 2.23. The summed E-state index contributed by atoms with van der Waals surface area (Å²) in [6.45, 7) is -1.52. The summed E-state index contributed by atoms with van der Waals surface area (Å²) in [5, 5.41) is 0. The Balaban J connectivity index is 1.35. The zero-order valence-electron chi connectivity index (χ0n) is 18.3. The van der Waals surface area contributed by atoms with E-state index in [1.165, 1.54) is 29.3 Å². The number of rotatable bonds is 7. The fraction of sp³-hybridized carbons (Fsp3) is 0.240. The van der Waals surface area contributed by atoms with Gasteiger partial charge in [-0.15, -0.1) is 0 Å². The molecule has 2 amide bonds. The molecule has 2 aromatic carbocycles. The number of carbonyl (C=O) groups excluding carboxylic acids is 2. The molecule has 0 spiro atoms. The van der Waals surface area contributed by atoms with E-state index in [1.54, 1.807) is 23.1 Å². The summed E-state index contributed by atoms with van der Waals surface area (Å²) in [6, 6.07) is 18.7. The van der Waals surface area contributed by atoms with Crippen LogP contribution >= 0.6 is 0 Å². The predicted molar refractivity (Wildman–Crippen MR) is 120 cm³/mol. The van der Waals surface area contributed by atoms with Crippen molar-refractivity contribution in [3.05, 3.63) is 89.6 Å². The molecular formula is C25H23F2N3O4. The fourth-order valence-electron chi connectivity index (χ4n) is 3.66. The maximum absolute atomic E-state index is 13.0. The molecule has 3 aromatic rings. The van der Waals surface area contributed by atoms with Gasteiger partial charge in [0.25, 0.3) is 11.8 Å². The molecule has 1 aliphatic rings. The highest BCUT2D eigenvalue weighted by atomic mass is 19.3. The summed E-state index contributed by atoms with van der Waals surface area (Å²) < 4.78 is 35.5. The molecular weight excluding hydrogens is 444 g/mol. The molecule has 0 atom stereocenters. The second-order valence-electron chi connectivity index (χ2n) is 7.62. The van der Waals surface area contributed by atoms with Crippen molar-refractivity contribution in [3.8, 4) is 11.6 Å². The van der Waals surface area contributed by atoms with Crippen LogP contribution in [0.15, 0.2) is 72.9 Å². The van der Waals surface area contributed by atoms with Crippen LogP contribution in [-0.2, 0) is 6.61 Å². The quantitative estimate of drug-likeness (QED) is 0.528. The SMILES string of the molecule is O=C(c1ccnc(OCc2ccccc2)c1)N1CCN(C(=O)c2ccccc2OC(F)F)CC1. The van der Waals surface area contributed by atoms with Crippen molar-refractivity contribution < 1.29 is 27.8 Å². The van der Waals surface area contributed by atoms with Gasteiger partial charge in [0.1, 0.15) is 12.4 Å². The smallest absolute Gasteiger partial charge is 0.387 e. The normalized spacial score (nSPS) is 13.6. The van der Waals surface area contributed by atoms with Gasteiger partial charge in [-0.2, -0.15) is 8.78 Å². The largest absolute Gasteiger partial charge is 0.473 e. The van der Waals surface area contributed by atoms with E-state index in [4.69, 9.17) is 4.74 Å². The van der Waals surface area contributed by atoms with Crippen LogP contribution < -0.4 is 9.47 Å². The topological polar surface area (TPSA) is 72.0 Å². The maximum Gasteiger partial charge on any atom is 0.387 e. The van der Waals surface area contributed by atoms with Gasteiger partial charge in [-0.25, -0.2) is 4.98 Å². The zero-order valence-corrected chi connectivity index (χ0v) is 18.3. The van der Waals surface area contributed by atoms with Gasteiger partial charge in [0.15, 0.2) is 0 Å². The maximum atomic E-state index is 13.0. The molecule has 176 valence electrons. The van der Waals surface area contributed by atoms with Crippen molar-refractivity contribution in [1.29, 1.82) is 0 Å². The number of benzene rings is 2. The molecule has 0 saturated carbocycles. The number of amides is 2. The molecule has 34 heavy (non-hydrogen) atoms. The number of carbonyl (C=O) groups is 2. The third kappa shape index (κ3) is 5.67. The van der Waals surface area contributed by atoms with Crippen molar-refractivity contribution in [2.75, 3.05) is 26.2 Å². The summed E-state index contributed by atoms with van der Waals surface area (Å²) in [4.78, 5) is 33.2. The Morgan fingerprint density at radius 1 is 0.882 bits per heavy atom.